The Kier molecular flexibility index (Phi) is 12.1. The minimum atomic E-state index is -0.419. The lowest BCUT2D eigenvalue weighted by atomic mass is 9.94. The molecule has 0 unspecified atom stereocenters. The predicted octanol–water partition coefficient (Wildman–Crippen LogP) is 6.56. The van der Waals surface area contributed by atoms with Crippen molar-refractivity contribution >= 4 is 6.09 Å². The molecule has 2 aromatic rings. The van der Waals surface area contributed by atoms with Gasteiger partial charge in [0.05, 0.1) is 13.2 Å². The van der Waals surface area contributed by atoms with Crippen LogP contribution < -0.4 is 14.8 Å². The van der Waals surface area contributed by atoms with Crippen molar-refractivity contribution < 1.29 is 19.0 Å². The van der Waals surface area contributed by atoms with E-state index in [2.05, 4.69) is 5.32 Å². The number of nitrogens with zero attached hydrogens (tertiary/aromatic N) is 1. The van der Waals surface area contributed by atoms with Crippen molar-refractivity contribution in [3.63, 3.8) is 0 Å². The van der Waals surface area contributed by atoms with Gasteiger partial charge >= 0.3 is 6.09 Å². The summed E-state index contributed by atoms with van der Waals surface area (Å²) in [7, 11) is 0. The number of piperidine rings is 2. The van der Waals surface area contributed by atoms with Gasteiger partial charge in [-0.2, -0.15) is 0 Å². The molecule has 1 N–H and O–H groups in total. The van der Waals surface area contributed by atoms with Crippen LogP contribution in [0.1, 0.15) is 59.3 Å². The van der Waals surface area contributed by atoms with Crippen molar-refractivity contribution in [2.75, 3.05) is 39.4 Å². The zero-order valence-electron chi connectivity index (χ0n) is 23.0. The van der Waals surface area contributed by atoms with Gasteiger partial charge < -0.3 is 24.4 Å². The van der Waals surface area contributed by atoms with E-state index in [0.717, 1.165) is 63.0 Å². The molecule has 0 saturated carbocycles. The highest BCUT2D eigenvalue weighted by molar-refractivity contribution is 5.68. The first-order valence-corrected chi connectivity index (χ1v) is 13.9. The van der Waals surface area contributed by atoms with Crippen LogP contribution in [-0.4, -0.2) is 56.0 Å². The first kappa shape index (κ1) is 28.8. The molecular weight excluding hydrogens is 464 g/mol. The maximum atomic E-state index is 12.0. The van der Waals surface area contributed by atoms with Gasteiger partial charge in [0, 0.05) is 13.1 Å². The van der Waals surface area contributed by atoms with Gasteiger partial charge in [-0.05, 0) is 108 Å². The molecule has 2 aliphatic rings. The van der Waals surface area contributed by atoms with Crippen LogP contribution in [0.15, 0.2) is 60.7 Å². The van der Waals surface area contributed by atoms with Crippen molar-refractivity contribution in [1.29, 1.82) is 0 Å². The molecule has 2 fully saturated rings. The molecule has 1 amide bonds. The predicted molar refractivity (Wildman–Crippen MR) is 149 cm³/mol. The van der Waals surface area contributed by atoms with Crippen molar-refractivity contribution in [3.8, 4) is 11.5 Å². The Labute approximate surface area is 223 Å². The highest BCUT2D eigenvalue weighted by Crippen LogP contribution is 2.23. The summed E-state index contributed by atoms with van der Waals surface area (Å²) in [5.41, 5.74) is -0.419. The molecule has 2 aromatic carbocycles. The van der Waals surface area contributed by atoms with Crippen LogP contribution in [0.5, 0.6) is 11.5 Å². The number of hydrogen-bond acceptors (Lipinski definition) is 5. The van der Waals surface area contributed by atoms with Crippen molar-refractivity contribution in [1.82, 2.24) is 10.2 Å². The number of para-hydroxylation sites is 2. The highest BCUT2D eigenvalue weighted by Gasteiger charge is 2.26. The zero-order chi connectivity index (χ0) is 26.3. The van der Waals surface area contributed by atoms with Gasteiger partial charge in [0.25, 0.3) is 0 Å². The molecule has 2 aliphatic heterocycles. The molecule has 6 heteroatoms. The van der Waals surface area contributed by atoms with Crippen molar-refractivity contribution in [2.24, 2.45) is 11.8 Å². The normalized spacial score (nSPS) is 16.9. The van der Waals surface area contributed by atoms with Crippen molar-refractivity contribution in [2.45, 2.75) is 64.9 Å². The number of likely N-dealkylation sites (tertiary alicyclic amines) is 1. The average Bonchev–Trinajstić information content (AvgIpc) is 2.90. The van der Waals surface area contributed by atoms with Crippen molar-refractivity contribution in [3.05, 3.63) is 60.7 Å². The number of benzene rings is 2. The fraction of sp³-hybridized carbons (Fsp3) is 0.581. The third-order valence-corrected chi connectivity index (χ3v) is 6.80. The summed E-state index contributed by atoms with van der Waals surface area (Å²) in [4.78, 5) is 13.8. The lowest BCUT2D eigenvalue weighted by molar-refractivity contribution is 0.0177. The minimum Gasteiger partial charge on any atom is -0.494 e. The molecule has 2 heterocycles. The summed E-state index contributed by atoms with van der Waals surface area (Å²) >= 11 is 0. The lowest BCUT2D eigenvalue weighted by Gasteiger charge is -2.33. The number of ether oxygens (including phenoxy) is 3. The summed E-state index contributed by atoms with van der Waals surface area (Å²) in [6.07, 6.45) is 6.70. The Balaban J connectivity index is 0.000000220. The van der Waals surface area contributed by atoms with Crippen LogP contribution >= 0.6 is 0 Å². The molecule has 0 radical (unpaired) electrons. The first-order valence-electron chi connectivity index (χ1n) is 13.9. The van der Waals surface area contributed by atoms with Gasteiger partial charge in [0.1, 0.15) is 17.1 Å². The molecule has 6 nitrogen and oxygen atoms in total. The van der Waals surface area contributed by atoms with Crippen LogP contribution in [0.25, 0.3) is 0 Å². The van der Waals surface area contributed by atoms with E-state index in [9.17, 15) is 4.79 Å². The second-order valence-corrected chi connectivity index (χ2v) is 11.0. The van der Waals surface area contributed by atoms with E-state index in [4.69, 9.17) is 14.2 Å². The smallest absolute Gasteiger partial charge is 0.410 e. The van der Waals surface area contributed by atoms with E-state index in [1.54, 1.807) is 0 Å². The van der Waals surface area contributed by atoms with Gasteiger partial charge in [-0.1, -0.05) is 36.4 Å². The van der Waals surface area contributed by atoms with E-state index in [1.165, 1.54) is 32.4 Å². The monoisotopic (exact) mass is 510 g/mol. The zero-order valence-corrected chi connectivity index (χ0v) is 23.0. The van der Waals surface area contributed by atoms with E-state index in [-0.39, 0.29) is 6.09 Å². The lowest BCUT2D eigenvalue weighted by Crippen LogP contribution is -2.41. The van der Waals surface area contributed by atoms with E-state index in [0.29, 0.717) is 5.92 Å². The average molecular weight is 511 g/mol. The first-order chi connectivity index (χ1) is 17.9. The highest BCUT2D eigenvalue weighted by atomic mass is 16.6. The summed E-state index contributed by atoms with van der Waals surface area (Å²) in [6.45, 7) is 11.2. The number of amides is 1. The number of nitrogens with one attached hydrogen (secondary N) is 1. The maximum absolute atomic E-state index is 12.0. The molecule has 0 atom stereocenters. The number of carbonyl (C=O) groups is 1. The van der Waals surface area contributed by atoms with Gasteiger partial charge in [0.2, 0.25) is 0 Å². The molecule has 4 rings (SSSR count). The van der Waals surface area contributed by atoms with Gasteiger partial charge in [0.15, 0.2) is 0 Å². The molecular formula is C31H46N2O4. The second kappa shape index (κ2) is 15.5. The third-order valence-electron chi connectivity index (χ3n) is 6.80. The Hall–Kier alpha value is -2.73. The summed E-state index contributed by atoms with van der Waals surface area (Å²) < 4.78 is 16.8. The summed E-state index contributed by atoms with van der Waals surface area (Å²) in [5, 5.41) is 3.38. The summed E-state index contributed by atoms with van der Waals surface area (Å²) in [5.74, 6) is 3.40. The Bertz CT molecular complexity index is 871. The van der Waals surface area contributed by atoms with Crippen LogP contribution in [0, 0.1) is 11.8 Å². The second-order valence-electron chi connectivity index (χ2n) is 11.0. The Morgan fingerprint density at radius 2 is 1.24 bits per heavy atom. The standard InChI is InChI=1S/C18H27NO3.C13H19NO/c1-18(2,3)22-17(20)19-12-9-15(10-13-19)11-14-21-16-7-5-4-6-8-16;1-2-4-13(5-3-1)15-11-8-12-6-9-14-10-7-12/h4-8,15H,9-14H2,1-3H3;1-5,12,14H,6-11H2. The molecule has 0 spiro atoms. The van der Waals surface area contributed by atoms with Crippen LogP contribution in [0.2, 0.25) is 0 Å². The SMILES string of the molecule is CC(C)(C)OC(=O)N1CCC(CCOc2ccccc2)CC1.c1ccc(OCCC2CCNCC2)cc1. The molecule has 204 valence electrons. The van der Waals surface area contributed by atoms with E-state index in [1.807, 2.05) is 86.3 Å². The van der Waals surface area contributed by atoms with E-state index < -0.39 is 5.60 Å². The Morgan fingerprint density at radius 1 is 0.784 bits per heavy atom. The molecule has 0 bridgehead atoms. The Morgan fingerprint density at radius 3 is 1.70 bits per heavy atom. The maximum Gasteiger partial charge on any atom is 0.410 e. The fourth-order valence-electron chi connectivity index (χ4n) is 4.62. The fourth-order valence-corrected chi connectivity index (χ4v) is 4.62. The van der Waals surface area contributed by atoms with Gasteiger partial charge in [-0.25, -0.2) is 4.79 Å². The number of carbonyl (C=O) groups excluding carboxylic acids is 1. The van der Waals surface area contributed by atoms with Crippen LogP contribution in [-0.2, 0) is 4.74 Å². The number of rotatable bonds is 8. The minimum absolute atomic E-state index is 0.188. The third kappa shape index (κ3) is 11.9. The van der Waals surface area contributed by atoms with Gasteiger partial charge in [-0.15, -0.1) is 0 Å². The topological polar surface area (TPSA) is 60.0 Å². The quantitative estimate of drug-likeness (QED) is 0.436. The number of hydrogen-bond donors (Lipinski definition) is 1. The van der Waals surface area contributed by atoms with Gasteiger partial charge in [-0.3, -0.25) is 0 Å². The summed E-state index contributed by atoms with van der Waals surface area (Å²) in [6, 6.07) is 20.0. The molecule has 0 aromatic heterocycles. The van der Waals surface area contributed by atoms with Crippen LogP contribution in [0.4, 0.5) is 4.79 Å². The molecule has 2 saturated heterocycles. The van der Waals surface area contributed by atoms with Crippen LogP contribution in [0.3, 0.4) is 0 Å². The molecule has 37 heavy (non-hydrogen) atoms. The largest absolute Gasteiger partial charge is 0.494 e. The molecule has 0 aliphatic carbocycles. The van der Waals surface area contributed by atoms with E-state index >= 15 is 0 Å².